The van der Waals surface area contributed by atoms with Crippen LogP contribution in [0.25, 0.3) is 0 Å². The summed E-state index contributed by atoms with van der Waals surface area (Å²) >= 11 is 0. The number of phosphoric ester groups is 1. The SMILES string of the molecule is C#C[C@]1(C)[C@@H]2O[P@@](=O)(OCCCCC(=O)OCC)OC[C@H]2O[C@H]1N1C=CC(=O)CC1=O. The van der Waals surface area contributed by atoms with Crippen LogP contribution >= 0.6 is 7.82 Å². The number of carbonyl (C=O) groups is 3. The second-order valence-corrected chi connectivity index (χ2v) is 9.20. The maximum Gasteiger partial charge on any atom is 0.475 e. The molecular formula is C20H26NO9P. The van der Waals surface area contributed by atoms with Gasteiger partial charge >= 0.3 is 13.8 Å². The summed E-state index contributed by atoms with van der Waals surface area (Å²) in [4.78, 5) is 36.4. The van der Waals surface area contributed by atoms with Gasteiger partial charge in [-0.3, -0.25) is 32.9 Å². The molecule has 11 heteroatoms. The molecule has 0 saturated carbocycles. The lowest BCUT2D eigenvalue weighted by atomic mass is 9.82. The lowest BCUT2D eigenvalue weighted by Gasteiger charge is -2.37. The topological polar surface area (TPSA) is 118 Å². The first kappa shape index (κ1) is 23.6. The monoisotopic (exact) mass is 455 g/mol. The van der Waals surface area contributed by atoms with E-state index in [0.29, 0.717) is 19.4 Å². The number of carbonyl (C=O) groups excluding carboxylic acids is 3. The highest BCUT2D eigenvalue weighted by molar-refractivity contribution is 7.48. The van der Waals surface area contributed by atoms with Gasteiger partial charge in [0, 0.05) is 12.6 Å². The first-order valence-corrected chi connectivity index (χ1v) is 11.6. The van der Waals surface area contributed by atoms with Crippen molar-refractivity contribution in [3.05, 3.63) is 12.3 Å². The number of nitrogens with zero attached hydrogens (tertiary/aromatic N) is 1. The molecule has 10 nitrogen and oxygen atoms in total. The van der Waals surface area contributed by atoms with Gasteiger partial charge in [-0.15, -0.1) is 6.42 Å². The number of phosphoric acid groups is 1. The molecule has 0 spiro atoms. The van der Waals surface area contributed by atoms with E-state index in [1.165, 1.54) is 17.2 Å². The molecule has 0 radical (unpaired) electrons. The first-order valence-electron chi connectivity index (χ1n) is 10.1. The summed E-state index contributed by atoms with van der Waals surface area (Å²) in [5, 5.41) is 0. The Balaban J connectivity index is 1.62. The molecule has 0 N–H and O–H groups in total. The van der Waals surface area contributed by atoms with Gasteiger partial charge in [-0.05, 0) is 32.8 Å². The van der Waals surface area contributed by atoms with Crippen LogP contribution in [0.5, 0.6) is 0 Å². The van der Waals surface area contributed by atoms with Gasteiger partial charge in [-0.25, -0.2) is 4.57 Å². The van der Waals surface area contributed by atoms with Crippen molar-refractivity contribution in [3.8, 4) is 12.3 Å². The van der Waals surface area contributed by atoms with E-state index in [4.69, 9.17) is 29.5 Å². The summed E-state index contributed by atoms with van der Waals surface area (Å²) in [6, 6.07) is 0. The molecule has 1 amide bonds. The molecular weight excluding hydrogens is 429 g/mol. The zero-order valence-electron chi connectivity index (χ0n) is 17.5. The fourth-order valence-corrected chi connectivity index (χ4v) is 5.17. The summed E-state index contributed by atoms with van der Waals surface area (Å²) in [6.07, 6.45) is 6.88. The highest BCUT2D eigenvalue weighted by atomic mass is 31.2. The average Bonchev–Trinajstić information content (AvgIpc) is 3.00. The number of fused-ring (bicyclic) bond motifs is 1. The van der Waals surface area contributed by atoms with E-state index >= 15 is 0 Å². The van der Waals surface area contributed by atoms with E-state index in [1.54, 1.807) is 13.8 Å². The van der Waals surface area contributed by atoms with Gasteiger partial charge in [0.2, 0.25) is 5.91 Å². The number of amides is 1. The van der Waals surface area contributed by atoms with E-state index in [9.17, 15) is 18.9 Å². The fraction of sp³-hybridized carbons (Fsp3) is 0.650. The van der Waals surface area contributed by atoms with Crippen LogP contribution in [0.15, 0.2) is 12.3 Å². The van der Waals surface area contributed by atoms with Gasteiger partial charge < -0.3 is 9.47 Å². The fourth-order valence-electron chi connectivity index (χ4n) is 3.65. The molecule has 0 aliphatic carbocycles. The van der Waals surface area contributed by atoms with Gasteiger partial charge in [0.05, 0.1) is 26.2 Å². The minimum Gasteiger partial charge on any atom is -0.466 e. The second-order valence-electron chi connectivity index (χ2n) is 7.58. The Bertz CT molecular complexity index is 850. The molecule has 2 fully saturated rings. The van der Waals surface area contributed by atoms with E-state index < -0.39 is 37.6 Å². The zero-order chi connectivity index (χ0) is 22.6. The normalized spacial score (nSPS) is 35.0. The third-order valence-electron chi connectivity index (χ3n) is 5.31. The highest BCUT2D eigenvalue weighted by Gasteiger charge is 2.61. The van der Waals surface area contributed by atoms with Crippen molar-refractivity contribution in [2.75, 3.05) is 19.8 Å². The number of terminal acetylenes is 1. The van der Waals surface area contributed by atoms with E-state index in [0.717, 1.165) is 0 Å². The van der Waals surface area contributed by atoms with Crippen LogP contribution in [0.4, 0.5) is 0 Å². The van der Waals surface area contributed by atoms with Crippen LogP contribution in [-0.4, -0.2) is 60.8 Å². The summed E-state index contributed by atoms with van der Waals surface area (Å²) in [6.45, 7) is 3.68. The summed E-state index contributed by atoms with van der Waals surface area (Å²) in [7, 11) is -3.91. The van der Waals surface area contributed by atoms with Gasteiger partial charge in [-0.2, -0.15) is 0 Å². The van der Waals surface area contributed by atoms with E-state index in [-0.39, 0.29) is 37.8 Å². The third kappa shape index (κ3) is 5.08. The van der Waals surface area contributed by atoms with Crippen LogP contribution in [0, 0.1) is 17.8 Å². The summed E-state index contributed by atoms with van der Waals surface area (Å²) in [5.41, 5.74) is -1.15. The largest absolute Gasteiger partial charge is 0.475 e. The Kier molecular flexibility index (Phi) is 7.35. The Morgan fingerprint density at radius 3 is 2.87 bits per heavy atom. The number of unbranched alkanes of at least 4 members (excludes halogenated alkanes) is 1. The molecule has 2 saturated heterocycles. The molecule has 0 bridgehead atoms. The number of hydrogen-bond donors (Lipinski definition) is 0. The predicted molar refractivity (Wildman–Crippen MR) is 106 cm³/mol. The quantitative estimate of drug-likeness (QED) is 0.178. The molecule has 3 aliphatic rings. The number of ketones is 1. The van der Waals surface area contributed by atoms with E-state index in [1.807, 2.05) is 0 Å². The first-order chi connectivity index (χ1) is 14.7. The summed E-state index contributed by atoms with van der Waals surface area (Å²) in [5.74, 6) is 1.56. The minimum absolute atomic E-state index is 0.0561. The molecule has 0 aromatic carbocycles. The highest BCUT2D eigenvalue weighted by Crippen LogP contribution is 2.59. The van der Waals surface area contributed by atoms with Crippen molar-refractivity contribution in [1.29, 1.82) is 0 Å². The lowest BCUT2D eigenvalue weighted by Crippen LogP contribution is -2.49. The van der Waals surface area contributed by atoms with Crippen molar-refractivity contribution in [3.63, 3.8) is 0 Å². The second kappa shape index (κ2) is 9.63. The zero-order valence-corrected chi connectivity index (χ0v) is 18.4. The Morgan fingerprint density at radius 2 is 2.19 bits per heavy atom. The van der Waals surface area contributed by atoms with Crippen molar-refractivity contribution in [2.45, 2.75) is 58.0 Å². The maximum absolute atomic E-state index is 12.9. The van der Waals surface area contributed by atoms with Crippen LogP contribution in [0.1, 0.15) is 39.5 Å². The van der Waals surface area contributed by atoms with Crippen LogP contribution in [0.2, 0.25) is 0 Å². The van der Waals surface area contributed by atoms with Crippen LogP contribution in [-0.2, 0) is 42.0 Å². The molecule has 31 heavy (non-hydrogen) atoms. The number of hydrogen-bond acceptors (Lipinski definition) is 9. The smallest absolute Gasteiger partial charge is 0.466 e. The average molecular weight is 455 g/mol. The van der Waals surface area contributed by atoms with Crippen molar-refractivity contribution in [1.82, 2.24) is 4.90 Å². The number of allylic oxidation sites excluding steroid dienone is 1. The number of rotatable bonds is 8. The Labute approximate surface area is 180 Å². The molecule has 0 unspecified atom stereocenters. The lowest BCUT2D eigenvalue weighted by molar-refractivity contribution is -0.148. The number of esters is 1. The molecule has 170 valence electrons. The maximum atomic E-state index is 12.9. The van der Waals surface area contributed by atoms with Gasteiger partial charge in [0.25, 0.3) is 0 Å². The molecule has 5 atom stereocenters. The minimum atomic E-state index is -3.91. The standard InChI is InChI=1S/C20H26NO9P/c1-4-20(3)18-15(29-19(20)21-10-9-14(22)12-16(21)23)13-28-31(25,30-18)27-11-7-6-8-17(24)26-5-2/h1,9-10,15,18-19H,5-8,11-13H2,2-3H3/t15-,18-,19-,20-,31+/m1/s1. The Morgan fingerprint density at radius 1 is 1.42 bits per heavy atom. The molecule has 3 heterocycles. The van der Waals surface area contributed by atoms with Crippen molar-refractivity contribution in [2.24, 2.45) is 5.41 Å². The molecule has 3 rings (SSSR count). The van der Waals surface area contributed by atoms with Crippen LogP contribution < -0.4 is 0 Å². The van der Waals surface area contributed by atoms with Crippen molar-refractivity contribution < 1.29 is 42.0 Å². The number of ether oxygens (including phenoxy) is 2. The van der Waals surface area contributed by atoms with Gasteiger partial charge in [0.15, 0.2) is 12.0 Å². The molecule has 0 aromatic rings. The van der Waals surface area contributed by atoms with Crippen molar-refractivity contribution >= 4 is 25.5 Å². The van der Waals surface area contributed by atoms with Gasteiger partial charge in [0.1, 0.15) is 17.6 Å². The third-order valence-corrected chi connectivity index (χ3v) is 6.76. The van der Waals surface area contributed by atoms with E-state index in [2.05, 4.69) is 5.92 Å². The Hall–Kier alpha value is -2.02. The molecule has 3 aliphatic heterocycles. The molecule has 0 aromatic heterocycles. The van der Waals surface area contributed by atoms with Crippen LogP contribution in [0.3, 0.4) is 0 Å². The predicted octanol–water partition coefficient (Wildman–Crippen LogP) is 1.94. The van der Waals surface area contributed by atoms with Gasteiger partial charge in [-0.1, -0.05) is 5.92 Å². The summed E-state index contributed by atoms with van der Waals surface area (Å²) < 4.78 is 40.1.